The Bertz CT molecular complexity index is 1420. The van der Waals surface area contributed by atoms with Crippen molar-refractivity contribution in [1.29, 1.82) is 0 Å². The van der Waals surface area contributed by atoms with E-state index in [1.54, 1.807) is 43.6 Å². The van der Waals surface area contributed by atoms with Gasteiger partial charge < -0.3 is 10.5 Å². The maximum absolute atomic E-state index is 12.7. The topological polar surface area (TPSA) is 120 Å². The second-order valence-corrected chi connectivity index (χ2v) is 9.84. The van der Waals surface area contributed by atoms with Gasteiger partial charge in [0.05, 0.1) is 22.2 Å². The molecule has 2 aromatic carbocycles. The van der Waals surface area contributed by atoms with Crippen LogP contribution >= 0.6 is 0 Å². The Morgan fingerprint density at radius 2 is 1.85 bits per heavy atom. The highest BCUT2D eigenvalue weighted by atomic mass is 32.2. The van der Waals surface area contributed by atoms with Crippen LogP contribution in [0.3, 0.4) is 0 Å². The number of nitrogens with one attached hydrogen (secondary N) is 1. The summed E-state index contributed by atoms with van der Waals surface area (Å²) in [6, 6.07) is 14.6. The van der Waals surface area contributed by atoms with E-state index in [0.29, 0.717) is 35.0 Å². The van der Waals surface area contributed by atoms with Crippen LogP contribution in [-0.2, 0) is 10.0 Å². The fourth-order valence-corrected chi connectivity index (χ4v) is 4.55. The lowest BCUT2D eigenvalue weighted by atomic mass is 10.0. The quantitative estimate of drug-likeness (QED) is 0.399. The number of aryl methyl sites for hydroxylation is 1. The molecule has 1 atom stereocenters. The van der Waals surface area contributed by atoms with Crippen molar-refractivity contribution in [3.05, 3.63) is 66.5 Å². The molecule has 0 aliphatic rings. The number of nitrogen functional groups attached to an aromatic ring is 1. The molecule has 4 aromatic rings. The van der Waals surface area contributed by atoms with Gasteiger partial charge in [-0.3, -0.25) is 4.72 Å². The number of benzene rings is 2. The van der Waals surface area contributed by atoms with E-state index in [1.165, 1.54) is 0 Å². The van der Waals surface area contributed by atoms with Gasteiger partial charge >= 0.3 is 0 Å². The molecule has 0 radical (unpaired) electrons. The first-order chi connectivity index (χ1) is 15.8. The SMILES string of the molecule is CCC(C)S(=O)(=O)Nc1cccc2c(Oc3ncccc3-c3ccnc(N)n3)c(C)ccc12. The molecule has 0 bridgehead atoms. The molecular weight excluding hydrogens is 438 g/mol. The highest BCUT2D eigenvalue weighted by Gasteiger charge is 2.21. The second-order valence-electron chi connectivity index (χ2n) is 7.74. The van der Waals surface area contributed by atoms with Gasteiger partial charge in [0, 0.05) is 23.2 Å². The highest BCUT2D eigenvalue weighted by molar-refractivity contribution is 7.93. The van der Waals surface area contributed by atoms with Crippen LogP contribution in [0.15, 0.2) is 60.9 Å². The lowest BCUT2D eigenvalue weighted by Gasteiger charge is -2.17. The third kappa shape index (κ3) is 4.58. The third-order valence-electron chi connectivity index (χ3n) is 5.49. The number of ether oxygens (including phenoxy) is 1. The van der Waals surface area contributed by atoms with Crippen molar-refractivity contribution in [2.24, 2.45) is 0 Å². The third-order valence-corrected chi connectivity index (χ3v) is 7.38. The molecule has 4 rings (SSSR count). The van der Waals surface area contributed by atoms with Crippen molar-refractivity contribution in [3.8, 4) is 22.9 Å². The molecule has 0 amide bonds. The monoisotopic (exact) mass is 463 g/mol. The van der Waals surface area contributed by atoms with Gasteiger partial charge in [0.2, 0.25) is 21.9 Å². The van der Waals surface area contributed by atoms with E-state index in [2.05, 4.69) is 19.7 Å². The molecule has 0 aliphatic carbocycles. The maximum atomic E-state index is 12.7. The van der Waals surface area contributed by atoms with E-state index < -0.39 is 15.3 Å². The van der Waals surface area contributed by atoms with Gasteiger partial charge in [-0.2, -0.15) is 0 Å². The Morgan fingerprint density at radius 3 is 2.61 bits per heavy atom. The number of nitrogens with zero attached hydrogens (tertiary/aromatic N) is 3. The zero-order chi connectivity index (χ0) is 23.6. The molecule has 33 heavy (non-hydrogen) atoms. The van der Waals surface area contributed by atoms with E-state index >= 15 is 0 Å². The standard InChI is InChI=1S/C24H25N5O3S/c1-4-16(3)33(30,31)29-21-9-5-7-18-17(21)11-10-15(2)22(18)32-23-19(8-6-13-26-23)20-12-14-27-24(25)28-20/h5-14,16,29H,4H2,1-3H3,(H2,25,27,28). The van der Waals surface area contributed by atoms with Gasteiger partial charge in [-0.05, 0) is 50.1 Å². The average Bonchev–Trinajstić information content (AvgIpc) is 2.80. The van der Waals surface area contributed by atoms with E-state index in [4.69, 9.17) is 10.5 Å². The van der Waals surface area contributed by atoms with Crippen LogP contribution in [-0.4, -0.2) is 28.6 Å². The first-order valence-corrected chi connectivity index (χ1v) is 12.1. The number of hydrogen-bond acceptors (Lipinski definition) is 7. The minimum Gasteiger partial charge on any atom is -0.437 e. The maximum Gasteiger partial charge on any atom is 0.235 e. The van der Waals surface area contributed by atoms with E-state index in [9.17, 15) is 8.42 Å². The Labute approximate surface area is 192 Å². The van der Waals surface area contributed by atoms with Crippen molar-refractivity contribution >= 4 is 32.4 Å². The van der Waals surface area contributed by atoms with Gasteiger partial charge in [0.25, 0.3) is 0 Å². The van der Waals surface area contributed by atoms with Gasteiger partial charge in [0.15, 0.2) is 0 Å². The average molecular weight is 464 g/mol. The molecule has 9 heteroatoms. The fraction of sp³-hybridized carbons (Fsp3) is 0.208. The highest BCUT2D eigenvalue weighted by Crippen LogP contribution is 2.38. The number of fused-ring (bicyclic) bond motifs is 1. The predicted molar refractivity (Wildman–Crippen MR) is 131 cm³/mol. The number of pyridine rings is 1. The Balaban J connectivity index is 1.80. The molecule has 0 saturated heterocycles. The summed E-state index contributed by atoms with van der Waals surface area (Å²) in [4.78, 5) is 12.6. The lowest BCUT2D eigenvalue weighted by Crippen LogP contribution is -2.24. The smallest absolute Gasteiger partial charge is 0.235 e. The van der Waals surface area contributed by atoms with Gasteiger partial charge in [-0.15, -0.1) is 0 Å². The number of rotatable bonds is 7. The van der Waals surface area contributed by atoms with Crippen molar-refractivity contribution in [2.75, 3.05) is 10.5 Å². The Hall–Kier alpha value is -3.72. The number of anilines is 2. The summed E-state index contributed by atoms with van der Waals surface area (Å²) in [6.07, 6.45) is 3.73. The summed E-state index contributed by atoms with van der Waals surface area (Å²) in [5, 5.41) is 0.984. The molecule has 0 aliphatic heterocycles. The zero-order valence-corrected chi connectivity index (χ0v) is 19.4. The van der Waals surface area contributed by atoms with Crippen LogP contribution in [0.5, 0.6) is 11.6 Å². The molecular formula is C24H25N5O3S. The first kappa shape index (κ1) is 22.5. The fourth-order valence-electron chi connectivity index (χ4n) is 3.42. The van der Waals surface area contributed by atoms with Crippen molar-refractivity contribution in [2.45, 2.75) is 32.4 Å². The normalized spacial score (nSPS) is 12.5. The van der Waals surface area contributed by atoms with Gasteiger partial charge in [0.1, 0.15) is 5.75 Å². The predicted octanol–water partition coefficient (Wildman–Crippen LogP) is 4.91. The van der Waals surface area contributed by atoms with E-state index in [0.717, 1.165) is 16.3 Å². The number of sulfonamides is 1. The molecule has 0 saturated carbocycles. The largest absolute Gasteiger partial charge is 0.437 e. The first-order valence-electron chi connectivity index (χ1n) is 10.6. The van der Waals surface area contributed by atoms with Crippen LogP contribution in [0.4, 0.5) is 11.6 Å². The zero-order valence-electron chi connectivity index (χ0n) is 18.6. The number of nitrogens with two attached hydrogens (primary N) is 1. The summed E-state index contributed by atoms with van der Waals surface area (Å²) in [5.41, 5.74) is 8.39. The van der Waals surface area contributed by atoms with Crippen LogP contribution in [0.25, 0.3) is 22.0 Å². The minimum atomic E-state index is -3.51. The van der Waals surface area contributed by atoms with E-state index in [1.807, 2.05) is 38.1 Å². The summed E-state index contributed by atoms with van der Waals surface area (Å²) in [6.45, 7) is 5.46. The molecule has 3 N–H and O–H groups in total. The Kier molecular flexibility index (Phi) is 6.15. The van der Waals surface area contributed by atoms with Crippen LogP contribution in [0, 0.1) is 6.92 Å². The molecule has 170 valence electrons. The molecule has 0 spiro atoms. The van der Waals surface area contributed by atoms with Crippen LogP contribution in [0.1, 0.15) is 25.8 Å². The van der Waals surface area contributed by atoms with Crippen molar-refractivity contribution < 1.29 is 13.2 Å². The van der Waals surface area contributed by atoms with E-state index in [-0.39, 0.29) is 5.95 Å². The van der Waals surface area contributed by atoms with Crippen LogP contribution < -0.4 is 15.2 Å². The van der Waals surface area contributed by atoms with Gasteiger partial charge in [-0.25, -0.2) is 23.4 Å². The summed E-state index contributed by atoms with van der Waals surface area (Å²) < 4.78 is 34.4. The lowest BCUT2D eigenvalue weighted by molar-refractivity contribution is 0.466. The molecule has 8 nitrogen and oxygen atoms in total. The molecule has 2 aromatic heterocycles. The molecule has 1 unspecified atom stereocenters. The van der Waals surface area contributed by atoms with Crippen molar-refractivity contribution in [3.63, 3.8) is 0 Å². The number of aromatic nitrogens is 3. The summed E-state index contributed by atoms with van der Waals surface area (Å²) in [5.74, 6) is 1.10. The van der Waals surface area contributed by atoms with Crippen LogP contribution in [0.2, 0.25) is 0 Å². The second kappa shape index (κ2) is 9.03. The minimum absolute atomic E-state index is 0.155. The van der Waals surface area contributed by atoms with Gasteiger partial charge in [-0.1, -0.05) is 31.2 Å². The Morgan fingerprint density at radius 1 is 1.03 bits per heavy atom. The number of hydrogen-bond donors (Lipinski definition) is 2. The molecule has 0 fully saturated rings. The molecule has 2 heterocycles. The van der Waals surface area contributed by atoms with Crippen molar-refractivity contribution in [1.82, 2.24) is 15.0 Å². The summed E-state index contributed by atoms with van der Waals surface area (Å²) >= 11 is 0. The summed E-state index contributed by atoms with van der Waals surface area (Å²) in [7, 11) is -3.51.